The van der Waals surface area contributed by atoms with Gasteiger partial charge in [-0.15, -0.1) is 11.3 Å². The molecular formula is C20H20ClN5O2S. The first-order valence-electron chi connectivity index (χ1n) is 9.15. The topological polar surface area (TPSA) is 79.3 Å². The molecule has 2 N–H and O–H groups in total. The van der Waals surface area contributed by atoms with Crippen LogP contribution < -0.4 is 15.5 Å². The van der Waals surface area contributed by atoms with Crippen LogP contribution in [0.15, 0.2) is 35.8 Å². The molecule has 150 valence electrons. The van der Waals surface area contributed by atoms with Gasteiger partial charge in [-0.2, -0.15) is 0 Å². The molecule has 4 rings (SSSR count). The van der Waals surface area contributed by atoms with Crippen molar-refractivity contribution in [2.24, 2.45) is 0 Å². The zero-order valence-electron chi connectivity index (χ0n) is 16.0. The van der Waals surface area contributed by atoms with Crippen molar-refractivity contribution in [3.8, 4) is 5.13 Å². The van der Waals surface area contributed by atoms with Gasteiger partial charge in [0.05, 0.1) is 22.8 Å². The number of hydrogen-bond donors (Lipinski definition) is 2. The van der Waals surface area contributed by atoms with E-state index in [0.29, 0.717) is 29.4 Å². The second kappa shape index (κ2) is 7.88. The lowest BCUT2D eigenvalue weighted by molar-refractivity contribution is -0.120. The van der Waals surface area contributed by atoms with Crippen molar-refractivity contribution >= 4 is 46.1 Å². The summed E-state index contributed by atoms with van der Waals surface area (Å²) in [6.07, 6.45) is 1.74. The van der Waals surface area contributed by atoms with Gasteiger partial charge in [0.25, 0.3) is 5.91 Å². The first-order chi connectivity index (χ1) is 13.9. The molecule has 0 saturated carbocycles. The molecule has 0 radical (unpaired) electrons. The zero-order chi connectivity index (χ0) is 20.5. The normalized spacial score (nSPS) is 14.0. The number of amides is 2. The van der Waals surface area contributed by atoms with E-state index in [0.717, 1.165) is 22.2 Å². The average Bonchev–Trinajstić information content (AvgIpc) is 3.29. The summed E-state index contributed by atoms with van der Waals surface area (Å²) in [4.78, 5) is 30.7. The summed E-state index contributed by atoms with van der Waals surface area (Å²) in [5, 5.41) is 8.93. The van der Waals surface area contributed by atoms with Gasteiger partial charge < -0.3 is 15.5 Å². The Labute approximate surface area is 177 Å². The number of anilines is 2. The Balaban J connectivity index is 1.54. The van der Waals surface area contributed by atoms with E-state index in [9.17, 15) is 9.59 Å². The molecule has 0 bridgehead atoms. The van der Waals surface area contributed by atoms with E-state index in [4.69, 9.17) is 11.6 Å². The highest BCUT2D eigenvalue weighted by atomic mass is 35.5. The van der Waals surface area contributed by atoms with Gasteiger partial charge in [-0.1, -0.05) is 11.6 Å². The van der Waals surface area contributed by atoms with Crippen LogP contribution in [0.1, 0.15) is 21.7 Å². The Morgan fingerprint density at radius 3 is 2.83 bits per heavy atom. The first-order valence-corrected chi connectivity index (χ1v) is 10.4. The Hall–Kier alpha value is -2.84. The number of aromatic nitrogens is 2. The second-order valence-electron chi connectivity index (χ2n) is 6.83. The van der Waals surface area contributed by atoms with Crippen molar-refractivity contribution in [2.45, 2.75) is 13.8 Å². The van der Waals surface area contributed by atoms with Crippen molar-refractivity contribution in [3.63, 3.8) is 0 Å². The summed E-state index contributed by atoms with van der Waals surface area (Å²) in [5.41, 5.74) is 3.74. The SMILES string of the molecule is Cc1cc(C(=O)Nc2ccc(N3CCNC(=O)C3)c(Cl)c2)c(C)n1-c1nccs1. The zero-order valence-corrected chi connectivity index (χ0v) is 17.6. The Morgan fingerprint density at radius 2 is 2.14 bits per heavy atom. The smallest absolute Gasteiger partial charge is 0.257 e. The molecule has 3 aromatic rings. The minimum Gasteiger partial charge on any atom is -0.359 e. The Morgan fingerprint density at radius 1 is 1.31 bits per heavy atom. The average molecular weight is 430 g/mol. The number of carbonyl (C=O) groups excluding carboxylic acids is 2. The number of aryl methyl sites for hydroxylation is 1. The molecule has 0 unspecified atom stereocenters. The highest BCUT2D eigenvalue weighted by Crippen LogP contribution is 2.30. The van der Waals surface area contributed by atoms with Crippen LogP contribution in [0.5, 0.6) is 0 Å². The number of benzene rings is 1. The summed E-state index contributed by atoms with van der Waals surface area (Å²) >= 11 is 7.95. The van der Waals surface area contributed by atoms with E-state index in [1.807, 2.05) is 40.8 Å². The number of rotatable bonds is 4. The van der Waals surface area contributed by atoms with Crippen LogP contribution in [-0.2, 0) is 4.79 Å². The van der Waals surface area contributed by atoms with Crippen molar-refractivity contribution in [2.75, 3.05) is 29.9 Å². The fourth-order valence-electron chi connectivity index (χ4n) is 3.50. The largest absolute Gasteiger partial charge is 0.359 e. The third-order valence-corrected chi connectivity index (χ3v) is 5.93. The molecule has 1 aromatic carbocycles. The maximum Gasteiger partial charge on any atom is 0.257 e. The fraction of sp³-hybridized carbons (Fsp3) is 0.250. The van der Waals surface area contributed by atoms with Crippen LogP contribution >= 0.6 is 22.9 Å². The van der Waals surface area contributed by atoms with Gasteiger partial charge in [-0.05, 0) is 38.1 Å². The summed E-state index contributed by atoms with van der Waals surface area (Å²) in [7, 11) is 0. The van der Waals surface area contributed by atoms with Crippen LogP contribution in [0.4, 0.5) is 11.4 Å². The van der Waals surface area contributed by atoms with Crippen molar-refractivity contribution in [3.05, 3.63) is 57.8 Å². The van der Waals surface area contributed by atoms with Crippen LogP contribution in [0.2, 0.25) is 5.02 Å². The third kappa shape index (κ3) is 3.86. The molecule has 1 fully saturated rings. The van der Waals surface area contributed by atoms with Gasteiger partial charge in [-0.3, -0.25) is 14.2 Å². The molecule has 0 aliphatic carbocycles. The summed E-state index contributed by atoms with van der Waals surface area (Å²) in [5.74, 6) is -0.234. The molecule has 0 spiro atoms. The molecule has 29 heavy (non-hydrogen) atoms. The standard InChI is InChI=1S/C20H20ClN5O2S/c1-12-9-15(13(2)26(12)20-23-6-8-29-20)19(28)24-14-3-4-17(16(21)10-14)25-7-5-22-18(27)11-25/h3-4,6,8-10H,5,7,11H2,1-2H3,(H,22,27)(H,24,28). The van der Waals surface area contributed by atoms with Gasteiger partial charge in [-0.25, -0.2) is 4.98 Å². The first kappa shape index (κ1) is 19.5. The monoisotopic (exact) mass is 429 g/mol. The molecule has 7 nitrogen and oxygen atoms in total. The highest BCUT2D eigenvalue weighted by Gasteiger charge is 2.20. The quantitative estimate of drug-likeness (QED) is 0.666. The predicted molar refractivity (Wildman–Crippen MR) is 116 cm³/mol. The van der Waals surface area contributed by atoms with E-state index in [2.05, 4.69) is 15.6 Å². The lowest BCUT2D eigenvalue weighted by Gasteiger charge is -2.29. The van der Waals surface area contributed by atoms with Crippen molar-refractivity contribution in [1.29, 1.82) is 0 Å². The molecule has 3 heterocycles. The van der Waals surface area contributed by atoms with Gasteiger partial charge >= 0.3 is 0 Å². The molecule has 1 aliphatic heterocycles. The highest BCUT2D eigenvalue weighted by molar-refractivity contribution is 7.12. The number of piperazine rings is 1. The number of halogens is 1. The Bertz CT molecular complexity index is 1080. The molecule has 2 amide bonds. The molecule has 1 aliphatic rings. The van der Waals surface area contributed by atoms with E-state index in [1.165, 1.54) is 11.3 Å². The van der Waals surface area contributed by atoms with Crippen LogP contribution in [0.25, 0.3) is 5.13 Å². The lowest BCUT2D eigenvalue weighted by atomic mass is 10.2. The van der Waals surface area contributed by atoms with Crippen molar-refractivity contribution in [1.82, 2.24) is 14.9 Å². The van der Waals surface area contributed by atoms with E-state index in [-0.39, 0.29) is 18.4 Å². The van der Waals surface area contributed by atoms with Crippen LogP contribution in [-0.4, -0.2) is 41.0 Å². The molecule has 0 atom stereocenters. The van der Waals surface area contributed by atoms with E-state index < -0.39 is 0 Å². The molecule has 1 saturated heterocycles. The van der Waals surface area contributed by atoms with Gasteiger partial charge in [0.15, 0.2) is 5.13 Å². The van der Waals surface area contributed by atoms with Crippen LogP contribution in [0.3, 0.4) is 0 Å². The summed E-state index contributed by atoms with van der Waals surface area (Å²) in [6.45, 7) is 5.41. The Kier molecular flexibility index (Phi) is 5.29. The fourth-order valence-corrected chi connectivity index (χ4v) is 4.55. The van der Waals surface area contributed by atoms with E-state index >= 15 is 0 Å². The lowest BCUT2D eigenvalue weighted by Crippen LogP contribution is -2.47. The number of carbonyl (C=O) groups is 2. The van der Waals surface area contributed by atoms with Crippen molar-refractivity contribution < 1.29 is 9.59 Å². The number of hydrogen-bond acceptors (Lipinski definition) is 5. The third-order valence-electron chi connectivity index (χ3n) is 4.87. The van der Waals surface area contributed by atoms with Gasteiger partial charge in [0.1, 0.15) is 0 Å². The number of nitrogens with zero attached hydrogens (tertiary/aromatic N) is 3. The summed E-state index contributed by atoms with van der Waals surface area (Å²) < 4.78 is 1.97. The minimum atomic E-state index is -0.206. The molecular weight excluding hydrogens is 410 g/mol. The molecule has 9 heteroatoms. The van der Waals surface area contributed by atoms with Gasteiger partial charge in [0, 0.05) is 41.7 Å². The van der Waals surface area contributed by atoms with Crippen LogP contribution in [0, 0.1) is 13.8 Å². The minimum absolute atomic E-state index is 0.0275. The number of thiazole rings is 1. The molecule has 2 aromatic heterocycles. The second-order valence-corrected chi connectivity index (χ2v) is 8.11. The maximum absolute atomic E-state index is 12.9. The predicted octanol–water partition coefficient (Wildman–Crippen LogP) is 3.39. The maximum atomic E-state index is 12.9. The number of nitrogens with one attached hydrogen (secondary N) is 2. The summed E-state index contributed by atoms with van der Waals surface area (Å²) in [6, 6.07) is 7.19. The van der Waals surface area contributed by atoms with Gasteiger partial charge in [0.2, 0.25) is 5.91 Å². The van der Waals surface area contributed by atoms with E-state index in [1.54, 1.807) is 18.3 Å².